The van der Waals surface area contributed by atoms with Crippen LogP contribution >= 0.6 is 22.9 Å². The Morgan fingerprint density at radius 3 is 2.68 bits per heavy atom. The number of nitrogens with one attached hydrogen (secondary N) is 1. The zero-order chi connectivity index (χ0) is 17.2. The largest absolute Gasteiger partial charge is 0.496 e. The van der Waals surface area contributed by atoms with Gasteiger partial charge in [0.1, 0.15) is 11.6 Å². The Kier molecular flexibility index (Phi) is 4.21. The predicted molar refractivity (Wildman–Crippen MR) is 102 cm³/mol. The molecule has 2 aromatic heterocycles. The number of methoxy groups -OCH3 is 1. The van der Waals surface area contributed by atoms with Gasteiger partial charge in [-0.2, -0.15) is 4.98 Å². The number of thiazole rings is 1. The van der Waals surface area contributed by atoms with E-state index in [1.165, 1.54) is 11.3 Å². The van der Waals surface area contributed by atoms with Crippen molar-refractivity contribution >= 4 is 44.8 Å². The first-order valence-corrected chi connectivity index (χ1v) is 8.78. The van der Waals surface area contributed by atoms with Crippen LogP contribution in [0.4, 0.5) is 10.9 Å². The molecule has 7 heteroatoms. The smallest absolute Gasteiger partial charge is 0.224 e. The molecule has 0 radical (unpaired) electrons. The van der Waals surface area contributed by atoms with Crippen LogP contribution in [0, 0.1) is 0 Å². The summed E-state index contributed by atoms with van der Waals surface area (Å²) >= 11 is 7.53. The van der Waals surface area contributed by atoms with Gasteiger partial charge in [-0.05, 0) is 35.9 Å². The van der Waals surface area contributed by atoms with Crippen LogP contribution in [0.3, 0.4) is 0 Å². The minimum absolute atomic E-state index is 0.197. The summed E-state index contributed by atoms with van der Waals surface area (Å²) in [4.78, 5) is 13.2. The number of hydrogen-bond acceptors (Lipinski definition) is 6. The molecule has 0 aliphatic rings. The first-order valence-electron chi connectivity index (χ1n) is 7.53. The highest BCUT2D eigenvalue weighted by molar-refractivity contribution is 7.14. The second kappa shape index (κ2) is 6.66. The number of aromatic nitrogens is 3. The van der Waals surface area contributed by atoms with Crippen LogP contribution < -0.4 is 10.1 Å². The number of para-hydroxylation sites is 2. The van der Waals surface area contributed by atoms with Crippen LogP contribution in [0.5, 0.6) is 5.75 Å². The number of ether oxygens (including phenoxy) is 1. The standard InChI is InChI=1S/C18H13ClN4OS/c1-24-15-9-5-3-6-11(15)14-10-25-18(21-14)23-16-12-7-2-4-8-13(12)20-17(19)22-16/h2-10H,1H3,(H,20,21,22,23). The lowest BCUT2D eigenvalue weighted by atomic mass is 10.1. The normalized spacial score (nSPS) is 10.8. The summed E-state index contributed by atoms with van der Waals surface area (Å²) in [6.45, 7) is 0. The van der Waals surface area contributed by atoms with Gasteiger partial charge in [0.05, 0.1) is 18.3 Å². The van der Waals surface area contributed by atoms with E-state index in [2.05, 4.69) is 20.3 Å². The highest BCUT2D eigenvalue weighted by atomic mass is 35.5. The third kappa shape index (κ3) is 3.14. The number of fused-ring (bicyclic) bond motifs is 1. The van der Waals surface area contributed by atoms with E-state index in [1.807, 2.05) is 53.9 Å². The molecule has 0 aliphatic carbocycles. The quantitative estimate of drug-likeness (QED) is 0.504. The molecule has 25 heavy (non-hydrogen) atoms. The summed E-state index contributed by atoms with van der Waals surface area (Å²) in [5, 5.41) is 7.03. The third-order valence-electron chi connectivity index (χ3n) is 3.69. The second-order valence-corrected chi connectivity index (χ2v) is 6.42. The molecule has 0 atom stereocenters. The number of anilines is 2. The maximum atomic E-state index is 6.03. The average molecular weight is 369 g/mol. The lowest BCUT2D eigenvalue weighted by Gasteiger charge is -2.07. The molecule has 4 rings (SSSR count). The maximum Gasteiger partial charge on any atom is 0.224 e. The van der Waals surface area contributed by atoms with E-state index in [0.717, 1.165) is 33.0 Å². The monoisotopic (exact) mass is 368 g/mol. The van der Waals surface area contributed by atoms with E-state index in [-0.39, 0.29) is 5.28 Å². The Labute approximate surface area is 153 Å². The molecular weight excluding hydrogens is 356 g/mol. The Bertz CT molecular complexity index is 1050. The van der Waals surface area contributed by atoms with Crippen molar-refractivity contribution in [2.45, 2.75) is 0 Å². The summed E-state index contributed by atoms with van der Waals surface area (Å²) < 4.78 is 5.41. The Hall–Kier alpha value is -2.70. The lowest BCUT2D eigenvalue weighted by molar-refractivity contribution is 0.416. The van der Waals surface area contributed by atoms with Crippen LogP contribution in [0.25, 0.3) is 22.2 Å². The summed E-state index contributed by atoms with van der Waals surface area (Å²) in [7, 11) is 1.65. The van der Waals surface area contributed by atoms with Gasteiger partial charge in [-0.1, -0.05) is 24.3 Å². The zero-order valence-corrected chi connectivity index (χ0v) is 14.8. The van der Waals surface area contributed by atoms with Crippen molar-refractivity contribution in [3.8, 4) is 17.0 Å². The molecular formula is C18H13ClN4OS. The van der Waals surface area contributed by atoms with Crippen LogP contribution in [-0.2, 0) is 0 Å². The molecule has 1 N–H and O–H groups in total. The molecule has 124 valence electrons. The molecule has 2 heterocycles. The van der Waals surface area contributed by atoms with Gasteiger partial charge >= 0.3 is 0 Å². The molecule has 0 amide bonds. The molecule has 4 aromatic rings. The zero-order valence-electron chi connectivity index (χ0n) is 13.2. The molecule has 0 spiro atoms. The molecule has 0 fully saturated rings. The number of hydrogen-bond donors (Lipinski definition) is 1. The van der Waals surface area contributed by atoms with Crippen LogP contribution in [0.1, 0.15) is 0 Å². The van der Waals surface area contributed by atoms with Gasteiger partial charge in [-0.15, -0.1) is 11.3 Å². The molecule has 0 saturated heterocycles. The minimum Gasteiger partial charge on any atom is -0.496 e. The second-order valence-electron chi connectivity index (χ2n) is 5.22. The van der Waals surface area contributed by atoms with Crippen molar-refractivity contribution < 1.29 is 4.74 Å². The Balaban J connectivity index is 1.71. The molecule has 0 aliphatic heterocycles. The van der Waals surface area contributed by atoms with Crippen LogP contribution in [-0.4, -0.2) is 22.1 Å². The van der Waals surface area contributed by atoms with Gasteiger partial charge in [-0.3, -0.25) is 0 Å². The van der Waals surface area contributed by atoms with Crippen molar-refractivity contribution in [2.24, 2.45) is 0 Å². The highest BCUT2D eigenvalue weighted by Gasteiger charge is 2.12. The topological polar surface area (TPSA) is 59.9 Å². The van der Waals surface area contributed by atoms with Crippen LogP contribution in [0.2, 0.25) is 5.28 Å². The van der Waals surface area contributed by atoms with Gasteiger partial charge in [-0.25, -0.2) is 9.97 Å². The van der Waals surface area contributed by atoms with Crippen molar-refractivity contribution in [1.82, 2.24) is 15.0 Å². The highest BCUT2D eigenvalue weighted by Crippen LogP contribution is 2.33. The molecule has 0 bridgehead atoms. The number of benzene rings is 2. The van der Waals surface area contributed by atoms with Crippen molar-refractivity contribution in [3.63, 3.8) is 0 Å². The van der Waals surface area contributed by atoms with Gasteiger partial charge in [0.25, 0.3) is 0 Å². The van der Waals surface area contributed by atoms with E-state index in [0.29, 0.717) is 5.82 Å². The van der Waals surface area contributed by atoms with Gasteiger partial charge in [0, 0.05) is 16.3 Å². The first kappa shape index (κ1) is 15.8. The predicted octanol–water partition coefficient (Wildman–Crippen LogP) is 5.16. The molecule has 0 unspecified atom stereocenters. The van der Waals surface area contributed by atoms with E-state index in [4.69, 9.17) is 16.3 Å². The summed E-state index contributed by atoms with van der Waals surface area (Å²) in [5.41, 5.74) is 2.57. The number of nitrogens with zero attached hydrogens (tertiary/aromatic N) is 3. The summed E-state index contributed by atoms with van der Waals surface area (Å²) in [6, 6.07) is 15.5. The Morgan fingerprint density at radius 2 is 1.80 bits per heavy atom. The summed E-state index contributed by atoms with van der Waals surface area (Å²) in [6.07, 6.45) is 0. The Morgan fingerprint density at radius 1 is 1.00 bits per heavy atom. The van der Waals surface area contributed by atoms with E-state index < -0.39 is 0 Å². The third-order valence-corrected chi connectivity index (χ3v) is 4.62. The average Bonchev–Trinajstić information content (AvgIpc) is 3.10. The fourth-order valence-electron chi connectivity index (χ4n) is 2.56. The van der Waals surface area contributed by atoms with E-state index in [9.17, 15) is 0 Å². The van der Waals surface area contributed by atoms with E-state index in [1.54, 1.807) is 7.11 Å². The first-order chi connectivity index (χ1) is 12.2. The van der Waals surface area contributed by atoms with E-state index >= 15 is 0 Å². The van der Waals surface area contributed by atoms with Gasteiger partial charge in [0.2, 0.25) is 5.28 Å². The maximum absolute atomic E-state index is 6.03. The van der Waals surface area contributed by atoms with Gasteiger partial charge in [0.15, 0.2) is 5.13 Å². The SMILES string of the molecule is COc1ccccc1-c1csc(Nc2nc(Cl)nc3ccccc23)n1. The fraction of sp³-hybridized carbons (Fsp3) is 0.0556. The van der Waals surface area contributed by atoms with Gasteiger partial charge < -0.3 is 10.1 Å². The van der Waals surface area contributed by atoms with Crippen molar-refractivity contribution in [2.75, 3.05) is 12.4 Å². The van der Waals surface area contributed by atoms with Crippen LogP contribution in [0.15, 0.2) is 53.9 Å². The summed E-state index contributed by atoms with van der Waals surface area (Å²) in [5.74, 6) is 1.42. The molecule has 2 aromatic carbocycles. The fourth-order valence-corrected chi connectivity index (χ4v) is 3.44. The van der Waals surface area contributed by atoms with Crippen molar-refractivity contribution in [3.05, 3.63) is 59.2 Å². The molecule has 0 saturated carbocycles. The number of halogens is 1. The lowest BCUT2D eigenvalue weighted by Crippen LogP contribution is -1.97. The number of rotatable bonds is 4. The molecule has 5 nitrogen and oxygen atoms in total. The van der Waals surface area contributed by atoms with Crippen molar-refractivity contribution in [1.29, 1.82) is 0 Å². The minimum atomic E-state index is 0.197.